The van der Waals surface area contributed by atoms with E-state index in [0.29, 0.717) is 25.6 Å². The predicted molar refractivity (Wildman–Crippen MR) is 109 cm³/mol. The van der Waals surface area contributed by atoms with Crippen LogP contribution in [0.2, 0.25) is 0 Å². The summed E-state index contributed by atoms with van der Waals surface area (Å²) < 4.78 is 0. The summed E-state index contributed by atoms with van der Waals surface area (Å²) in [5, 5.41) is 3.23. The van der Waals surface area contributed by atoms with E-state index >= 15 is 0 Å². The molecule has 152 valence electrons. The molecule has 2 amide bonds. The largest absolute Gasteiger partial charge is 0.352 e. The summed E-state index contributed by atoms with van der Waals surface area (Å²) in [6.07, 6.45) is 5.05. The standard InChI is InChI=1S/C22H32N4O2/c1-24-12-8-19(9-13-24)25-11-4-6-18(16-25)23-21(27)10-14-26-15-17-5-2-3-7-20(17)22(26)28/h2-3,5,7,18-19H,4,6,8-16H2,1H3,(H,23,27)/t18-/m1/s1. The molecule has 0 aromatic heterocycles. The number of likely N-dealkylation sites (tertiary alicyclic amines) is 2. The summed E-state index contributed by atoms with van der Waals surface area (Å²) in [5.41, 5.74) is 1.85. The topological polar surface area (TPSA) is 55.9 Å². The summed E-state index contributed by atoms with van der Waals surface area (Å²) in [7, 11) is 2.19. The molecule has 3 heterocycles. The van der Waals surface area contributed by atoms with Crippen LogP contribution >= 0.6 is 0 Å². The minimum atomic E-state index is 0.0505. The van der Waals surface area contributed by atoms with Crippen LogP contribution < -0.4 is 5.32 Å². The van der Waals surface area contributed by atoms with Crippen molar-refractivity contribution in [2.75, 3.05) is 39.8 Å². The van der Waals surface area contributed by atoms with Gasteiger partial charge in [-0.3, -0.25) is 14.5 Å². The second kappa shape index (κ2) is 8.62. The Balaban J connectivity index is 1.22. The lowest BCUT2D eigenvalue weighted by molar-refractivity contribution is -0.122. The molecular weight excluding hydrogens is 352 g/mol. The number of rotatable bonds is 5. The van der Waals surface area contributed by atoms with Crippen molar-refractivity contribution >= 4 is 11.8 Å². The molecule has 0 radical (unpaired) electrons. The van der Waals surface area contributed by atoms with E-state index in [9.17, 15) is 9.59 Å². The first-order valence-corrected chi connectivity index (χ1v) is 10.7. The van der Waals surface area contributed by atoms with Gasteiger partial charge in [-0.2, -0.15) is 0 Å². The number of nitrogens with one attached hydrogen (secondary N) is 1. The first-order chi connectivity index (χ1) is 13.6. The third kappa shape index (κ3) is 4.39. The number of benzene rings is 1. The lowest BCUT2D eigenvalue weighted by Crippen LogP contribution is -2.53. The molecule has 6 heteroatoms. The van der Waals surface area contributed by atoms with Gasteiger partial charge in [-0.15, -0.1) is 0 Å². The minimum Gasteiger partial charge on any atom is -0.352 e. The number of hydrogen-bond donors (Lipinski definition) is 1. The number of amides is 2. The quantitative estimate of drug-likeness (QED) is 0.840. The third-order valence-corrected chi connectivity index (χ3v) is 6.53. The van der Waals surface area contributed by atoms with Gasteiger partial charge in [-0.25, -0.2) is 0 Å². The van der Waals surface area contributed by atoms with Gasteiger partial charge in [0.15, 0.2) is 0 Å². The van der Waals surface area contributed by atoms with Gasteiger partial charge in [0.1, 0.15) is 0 Å². The first-order valence-electron chi connectivity index (χ1n) is 10.7. The summed E-state index contributed by atoms with van der Waals surface area (Å²) >= 11 is 0. The van der Waals surface area contributed by atoms with Crippen LogP contribution in [-0.2, 0) is 11.3 Å². The van der Waals surface area contributed by atoms with E-state index in [0.717, 1.165) is 37.1 Å². The van der Waals surface area contributed by atoms with Gasteiger partial charge < -0.3 is 15.1 Å². The van der Waals surface area contributed by atoms with Gasteiger partial charge in [-0.05, 0) is 64.0 Å². The second-order valence-corrected chi connectivity index (χ2v) is 8.57. The Morgan fingerprint density at radius 3 is 2.71 bits per heavy atom. The van der Waals surface area contributed by atoms with Crippen molar-refractivity contribution in [2.45, 2.75) is 50.7 Å². The molecule has 28 heavy (non-hydrogen) atoms. The zero-order valence-corrected chi connectivity index (χ0v) is 16.9. The highest BCUT2D eigenvalue weighted by Gasteiger charge is 2.30. The van der Waals surface area contributed by atoms with Gasteiger partial charge in [0.25, 0.3) is 5.91 Å². The van der Waals surface area contributed by atoms with E-state index in [2.05, 4.69) is 22.2 Å². The Morgan fingerprint density at radius 1 is 1.14 bits per heavy atom. The summed E-state index contributed by atoms with van der Waals surface area (Å²) in [5.74, 6) is 0.119. The highest BCUT2D eigenvalue weighted by Crippen LogP contribution is 2.23. The molecule has 0 unspecified atom stereocenters. The van der Waals surface area contributed by atoms with Gasteiger partial charge in [0, 0.05) is 43.7 Å². The maximum atomic E-state index is 12.5. The van der Waals surface area contributed by atoms with Gasteiger partial charge in [0.2, 0.25) is 5.91 Å². The number of fused-ring (bicyclic) bond motifs is 1. The molecule has 0 bridgehead atoms. The van der Waals surface area contributed by atoms with Crippen molar-refractivity contribution in [1.82, 2.24) is 20.0 Å². The average molecular weight is 385 g/mol. The maximum absolute atomic E-state index is 12.5. The lowest BCUT2D eigenvalue weighted by Gasteiger charge is -2.41. The van der Waals surface area contributed by atoms with E-state index in [1.54, 1.807) is 4.90 Å². The van der Waals surface area contributed by atoms with Crippen molar-refractivity contribution in [1.29, 1.82) is 0 Å². The molecule has 4 rings (SSSR count). The fourth-order valence-electron chi connectivity index (χ4n) is 4.85. The van der Waals surface area contributed by atoms with Crippen LogP contribution in [0, 0.1) is 0 Å². The van der Waals surface area contributed by atoms with Crippen LogP contribution in [-0.4, -0.2) is 78.4 Å². The summed E-state index contributed by atoms with van der Waals surface area (Å²) in [6, 6.07) is 8.63. The second-order valence-electron chi connectivity index (χ2n) is 8.57. The Bertz CT molecular complexity index is 714. The van der Waals surface area contributed by atoms with E-state index in [1.807, 2.05) is 24.3 Å². The fraction of sp³-hybridized carbons (Fsp3) is 0.636. The average Bonchev–Trinajstić information content (AvgIpc) is 3.03. The normalized spacial score (nSPS) is 24.4. The van der Waals surface area contributed by atoms with Crippen LogP contribution in [0.15, 0.2) is 24.3 Å². The molecule has 1 atom stereocenters. The molecule has 3 aliphatic heterocycles. The Kier molecular flexibility index (Phi) is 5.97. The Morgan fingerprint density at radius 2 is 1.93 bits per heavy atom. The third-order valence-electron chi connectivity index (χ3n) is 6.53. The fourth-order valence-corrected chi connectivity index (χ4v) is 4.85. The number of carbonyl (C=O) groups excluding carboxylic acids is 2. The van der Waals surface area contributed by atoms with Crippen LogP contribution in [0.25, 0.3) is 0 Å². The smallest absolute Gasteiger partial charge is 0.254 e. The van der Waals surface area contributed by atoms with Crippen molar-refractivity contribution in [3.63, 3.8) is 0 Å². The molecular formula is C22H32N4O2. The minimum absolute atomic E-state index is 0.0505. The van der Waals surface area contributed by atoms with Crippen molar-refractivity contribution in [3.05, 3.63) is 35.4 Å². The Labute approximate surface area is 167 Å². The van der Waals surface area contributed by atoms with Gasteiger partial charge >= 0.3 is 0 Å². The molecule has 0 saturated carbocycles. The number of carbonyl (C=O) groups is 2. The van der Waals surface area contributed by atoms with E-state index in [4.69, 9.17) is 0 Å². The van der Waals surface area contributed by atoms with Crippen LogP contribution in [0.4, 0.5) is 0 Å². The van der Waals surface area contributed by atoms with E-state index < -0.39 is 0 Å². The molecule has 2 fully saturated rings. The van der Waals surface area contributed by atoms with E-state index in [-0.39, 0.29) is 17.9 Å². The number of nitrogens with zero attached hydrogens (tertiary/aromatic N) is 3. The van der Waals surface area contributed by atoms with Crippen LogP contribution in [0.1, 0.15) is 48.0 Å². The molecule has 1 aromatic rings. The van der Waals surface area contributed by atoms with Crippen LogP contribution in [0.5, 0.6) is 0 Å². The SMILES string of the molecule is CN1CCC(N2CCC[C@@H](NC(=O)CCN3Cc4ccccc4C3=O)C2)CC1. The molecule has 0 spiro atoms. The number of hydrogen-bond acceptors (Lipinski definition) is 4. The maximum Gasteiger partial charge on any atom is 0.254 e. The van der Waals surface area contributed by atoms with E-state index in [1.165, 1.54) is 25.9 Å². The molecule has 1 N–H and O–H groups in total. The highest BCUT2D eigenvalue weighted by molar-refractivity contribution is 5.98. The Hall–Kier alpha value is -1.92. The molecule has 1 aromatic carbocycles. The van der Waals surface area contributed by atoms with Gasteiger partial charge in [0.05, 0.1) is 0 Å². The summed E-state index contributed by atoms with van der Waals surface area (Å²) in [6.45, 7) is 5.57. The molecule has 6 nitrogen and oxygen atoms in total. The molecule has 3 aliphatic rings. The first kappa shape index (κ1) is 19.4. The monoisotopic (exact) mass is 384 g/mol. The van der Waals surface area contributed by atoms with Gasteiger partial charge in [-0.1, -0.05) is 18.2 Å². The number of piperidine rings is 2. The highest BCUT2D eigenvalue weighted by atomic mass is 16.2. The van der Waals surface area contributed by atoms with Crippen LogP contribution in [0.3, 0.4) is 0 Å². The van der Waals surface area contributed by atoms with Crippen molar-refractivity contribution in [3.8, 4) is 0 Å². The molecule has 2 saturated heterocycles. The summed E-state index contributed by atoms with van der Waals surface area (Å²) in [4.78, 5) is 31.7. The zero-order chi connectivity index (χ0) is 19.5. The van der Waals surface area contributed by atoms with Crippen molar-refractivity contribution < 1.29 is 9.59 Å². The van der Waals surface area contributed by atoms with Crippen molar-refractivity contribution in [2.24, 2.45) is 0 Å². The molecule has 0 aliphatic carbocycles. The zero-order valence-electron chi connectivity index (χ0n) is 16.9. The predicted octanol–water partition coefficient (Wildman–Crippen LogP) is 1.71. The lowest BCUT2D eigenvalue weighted by atomic mass is 9.98.